The third kappa shape index (κ3) is 3.46. The van der Waals surface area contributed by atoms with Crippen molar-refractivity contribution in [3.63, 3.8) is 0 Å². The Hall–Kier alpha value is -0.0800. The van der Waals surface area contributed by atoms with Gasteiger partial charge in [-0.1, -0.05) is 32.1 Å². The van der Waals surface area contributed by atoms with Crippen LogP contribution >= 0.6 is 0 Å². The fourth-order valence-electron chi connectivity index (χ4n) is 3.31. The molecule has 0 aromatic heterocycles. The first kappa shape index (κ1) is 12.4. The number of hydrogen-bond acceptors (Lipinski definition) is 2. The Morgan fingerprint density at radius 1 is 0.812 bits per heavy atom. The molecule has 1 unspecified atom stereocenters. The van der Waals surface area contributed by atoms with Gasteiger partial charge in [-0.15, -0.1) is 0 Å². The normalized spacial score (nSPS) is 30.0. The molecule has 0 bridgehead atoms. The molecule has 0 radical (unpaired) electrons. The molecule has 2 nitrogen and oxygen atoms in total. The Morgan fingerprint density at radius 3 is 2.19 bits per heavy atom. The van der Waals surface area contributed by atoms with Crippen molar-refractivity contribution >= 4 is 0 Å². The minimum atomic E-state index is 0.797. The van der Waals surface area contributed by atoms with Crippen LogP contribution in [-0.2, 0) is 0 Å². The standard InChI is InChI=1S/C14H28N2/c1-16(13-8-4-2-3-5-9-13)14-10-6-7-11-15-12-14/h13-15H,2-12H2,1H3. The van der Waals surface area contributed by atoms with Crippen molar-refractivity contribution in [3.8, 4) is 0 Å². The predicted molar refractivity (Wildman–Crippen MR) is 69.8 cm³/mol. The van der Waals surface area contributed by atoms with Crippen molar-refractivity contribution in [1.29, 1.82) is 0 Å². The van der Waals surface area contributed by atoms with Gasteiger partial charge in [0.25, 0.3) is 0 Å². The third-order valence-corrected chi connectivity index (χ3v) is 4.50. The van der Waals surface area contributed by atoms with Crippen molar-refractivity contribution in [3.05, 3.63) is 0 Å². The lowest BCUT2D eigenvalue weighted by molar-refractivity contribution is 0.151. The summed E-state index contributed by atoms with van der Waals surface area (Å²) >= 11 is 0. The van der Waals surface area contributed by atoms with E-state index in [-0.39, 0.29) is 0 Å². The molecule has 1 N–H and O–H groups in total. The average molecular weight is 224 g/mol. The van der Waals surface area contributed by atoms with Gasteiger partial charge in [0.15, 0.2) is 0 Å². The van der Waals surface area contributed by atoms with Gasteiger partial charge in [-0.05, 0) is 39.3 Å². The maximum absolute atomic E-state index is 3.59. The van der Waals surface area contributed by atoms with E-state index in [1.54, 1.807) is 0 Å². The zero-order valence-corrected chi connectivity index (χ0v) is 10.9. The lowest BCUT2D eigenvalue weighted by Gasteiger charge is -2.34. The quantitative estimate of drug-likeness (QED) is 0.726. The molecule has 1 aliphatic heterocycles. The van der Waals surface area contributed by atoms with Gasteiger partial charge in [0, 0.05) is 18.6 Å². The second-order valence-electron chi connectivity index (χ2n) is 5.66. The van der Waals surface area contributed by atoms with Crippen molar-refractivity contribution in [2.24, 2.45) is 0 Å². The fourth-order valence-corrected chi connectivity index (χ4v) is 3.31. The highest BCUT2D eigenvalue weighted by Crippen LogP contribution is 2.24. The van der Waals surface area contributed by atoms with Crippen molar-refractivity contribution in [2.75, 3.05) is 20.1 Å². The zero-order chi connectivity index (χ0) is 11.2. The second-order valence-corrected chi connectivity index (χ2v) is 5.66. The van der Waals surface area contributed by atoms with Gasteiger partial charge in [-0.3, -0.25) is 4.90 Å². The van der Waals surface area contributed by atoms with Gasteiger partial charge in [0.05, 0.1) is 0 Å². The molecule has 2 rings (SSSR count). The Morgan fingerprint density at radius 2 is 1.44 bits per heavy atom. The van der Waals surface area contributed by atoms with E-state index in [0.29, 0.717) is 0 Å². The summed E-state index contributed by atoms with van der Waals surface area (Å²) in [6.45, 7) is 2.45. The van der Waals surface area contributed by atoms with Gasteiger partial charge in [0.1, 0.15) is 0 Å². The topological polar surface area (TPSA) is 15.3 Å². The number of nitrogens with zero attached hydrogens (tertiary/aromatic N) is 1. The average Bonchev–Trinajstić information content (AvgIpc) is 2.73. The Kier molecular flexibility index (Phi) is 5.11. The Balaban J connectivity index is 1.85. The molecule has 2 fully saturated rings. The molecular weight excluding hydrogens is 196 g/mol. The summed E-state index contributed by atoms with van der Waals surface area (Å²) < 4.78 is 0. The fraction of sp³-hybridized carbons (Fsp3) is 1.00. The molecule has 1 atom stereocenters. The number of nitrogens with one attached hydrogen (secondary N) is 1. The van der Waals surface area contributed by atoms with Gasteiger partial charge in [-0.25, -0.2) is 0 Å². The molecule has 16 heavy (non-hydrogen) atoms. The SMILES string of the molecule is CN(C1CCCCCC1)C1CCCCNC1. The third-order valence-electron chi connectivity index (χ3n) is 4.50. The van der Waals surface area contributed by atoms with E-state index in [2.05, 4.69) is 17.3 Å². The molecule has 0 spiro atoms. The molecule has 1 aliphatic carbocycles. The van der Waals surface area contributed by atoms with Crippen LogP contribution in [0, 0.1) is 0 Å². The molecular formula is C14H28N2. The monoisotopic (exact) mass is 224 g/mol. The minimum absolute atomic E-state index is 0.797. The van der Waals surface area contributed by atoms with Gasteiger partial charge >= 0.3 is 0 Å². The van der Waals surface area contributed by atoms with E-state index in [0.717, 1.165) is 12.1 Å². The summed E-state index contributed by atoms with van der Waals surface area (Å²) in [4.78, 5) is 2.70. The van der Waals surface area contributed by atoms with Crippen LogP contribution in [0.3, 0.4) is 0 Å². The molecule has 0 aromatic carbocycles. The first-order chi connectivity index (χ1) is 7.88. The van der Waals surface area contributed by atoms with Crippen molar-refractivity contribution < 1.29 is 0 Å². The van der Waals surface area contributed by atoms with E-state index >= 15 is 0 Å². The first-order valence-electron chi connectivity index (χ1n) is 7.30. The van der Waals surface area contributed by atoms with Gasteiger partial charge in [0.2, 0.25) is 0 Å². The van der Waals surface area contributed by atoms with Crippen LogP contribution in [-0.4, -0.2) is 37.1 Å². The van der Waals surface area contributed by atoms with Gasteiger partial charge < -0.3 is 5.32 Å². The van der Waals surface area contributed by atoms with E-state index in [9.17, 15) is 0 Å². The van der Waals surface area contributed by atoms with Crippen molar-refractivity contribution in [2.45, 2.75) is 69.9 Å². The Labute approximate surface area is 101 Å². The number of likely N-dealkylation sites (N-methyl/N-ethyl adjacent to an activating group) is 1. The smallest absolute Gasteiger partial charge is 0.0220 e. The lowest BCUT2D eigenvalue weighted by atomic mass is 10.0. The summed E-state index contributed by atoms with van der Waals surface area (Å²) in [5, 5.41) is 3.59. The first-order valence-corrected chi connectivity index (χ1v) is 7.30. The highest BCUT2D eigenvalue weighted by molar-refractivity contribution is 4.81. The van der Waals surface area contributed by atoms with Crippen LogP contribution in [0.1, 0.15) is 57.8 Å². The van der Waals surface area contributed by atoms with Crippen LogP contribution < -0.4 is 5.32 Å². The molecule has 0 amide bonds. The van der Waals surface area contributed by atoms with E-state index < -0.39 is 0 Å². The molecule has 94 valence electrons. The van der Waals surface area contributed by atoms with Crippen LogP contribution in [0.2, 0.25) is 0 Å². The molecule has 0 aromatic rings. The molecule has 1 saturated heterocycles. The second kappa shape index (κ2) is 6.61. The summed E-state index contributed by atoms with van der Waals surface area (Å²) in [6, 6.07) is 1.66. The largest absolute Gasteiger partial charge is 0.315 e. The van der Waals surface area contributed by atoms with Crippen LogP contribution in [0.5, 0.6) is 0 Å². The van der Waals surface area contributed by atoms with Gasteiger partial charge in [-0.2, -0.15) is 0 Å². The molecule has 1 heterocycles. The molecule has 1 saturated carbocycles. The van der Waals surface area contributed by atoms with E-state index in [4.69, 9.17) is 0 Å². The summed E-state index contributed by atoms with van der Waals surface area (Å²) in [5.74, 6) is 0. The Bertz CT molecular complexity index is 157. The van der Waals surface area contributed by atoms with Crippen LogP contribution in [0.25, 0.3) is 0 Å². The number of rotatable bonds is 2. The molecule has 2 aliphatic rings. The van der Waals surface area contributed by atoms with Crippen LogP contribution in [0.4, 0.5) is 0 Å². The maximum Gasteiger partial charge on any atom is 0.0220 e. The minimum Gasteiger partial charge on any atom is -0.315 e. The highest BCUT2D eigenvalue weighted by Gasteiger charge is 2.24. The van der Waals surface area contributed by atoms with Crippen LogP contribution in [0.15, 0.2) is 0 Å². The predicted octanol–water partition coefficient (Wildman–Crippen LogP) is 2.78. The molecule has 2 heteroatoms. The zero-order valence-electron chi connectivity index (χ0n) is 10.9. The van der Waals surface area contributed by atoms with Crippen molar-refractivity contribution in [1.82, 2.24) is 10.2 Å². The maximum atomic E-state index is 3.59. The summed E-state index contributed by atoms with van der Waals surface area (Å²) in [5.41, 5.74) is 0. The summed E-state index contributed by atoms with van der Waals surface area (Å²) in [7, 11) is 2.37. The van der Waals surface area contributed by atoms with E-state index in [1.165, 1.54) is 70.9 Å². The lowest BCUT2D eigenvalue weighted by Crippen LogP contribution is -2.44. The summed E-state index contributed by atoms with van der Waals surface area (Å²) in [6.07, 6.45) is 12.9. The number of hydrogen-bond donors (Lipinski definition) is 1. The van der Waals surface area contributed by atoms with E-state index in [1.807, 2.05) is 0 Å². The highest BCUT2D eigenvalue weighted by atomic mass is 15.2.